The number of aromatic nitrogens is 2. The lowest BCUT2D eigenvalue weighted by atomic mass is 9.97. The molecule has 2 heterocycles. The van der Waals surface area contributed by atoms with Crippen LogP contribution < -0.4 is 5.32 Å². The first-order chi connectivity index (χ1) is 8.86. The number of amides is 1. The van der Waals surface area contributed by atoms with Crippen molar-refractivity contribution in [2.24, 2.45) is 5.92 Å². The molecule has 106 valence electrons. The molecule has 1 aliphatic heterocycles. The van der Waals surface area contributed by atoms with Crippen molar-refractivity contribution in [3.63, 3.8) is 0 Å². The summed E-state index contributed by atoms with van der Waals surface area (Å²) in [4.78, 5) is 12.0. The Bertz CT molecular complexity index is 558. The summed E-state index contributed by atoms with van der Waals surface area (Å²) in [5, 5.41) is 9.43. The standard InChI is InChI=1S/C11H18N4O3S/c1-8-7-10(14-13-8)12-11(16)9-3-5-15(6-4-9)19(2,17)18/h7,9H,3-6H2,1-2H3,(H2,12,13,14,16). The largest absolute Gasteiger partial charge is 0.309 e. The van der Waals surface area contributed by atoms with Gasteiger partial charge in [-0.2, -0.15) is 5.10 Å². The van der Waals surface area contributed by atoms with Crippen molar-refractivity contribution in [1.29, 1.82) is 0 Å². The second-order valence-electron chi connectivity index (χ2n) is 4.86. The van der Waals surface area contributed by atoms with Gasteiger partial charge < -0.3 is 5.32 Å². The number of H-pyrrole nitrogens is 1. The van der Waals surface area contributed by atoms with E-state index in [-0.39, 0.29) is 11.8 Å². The summed E-state index contributed by atoms with van der Waals surface area (Å²) in [6.45, 7) is 2.65. The van der Waals surface area contributed by atoms with Crippen LogP contribution in [0.4, 0.5) is 5.82 Å². The first kappa shape index (κ1) is 14.0. The van der Waals surface area contributed by atoms with E-state index in [9.17, 15) is 13.2 Å². The van der Waals surface area contributed by atoms with E-state index in [2.05, 4.69) is 15.5 Å². The molecule has 0 bridgehead atoms. The molecule has 0 saturated carbocycles. The lowest BCUT2D eigenvalue weighted by Gasteiger charge is -2.29. The smallest absolute Gasteiger partial charge is 0.228 e. The number of aromatic amines is 1. The molecule has 1 fully saturated rings. The van der Waals surface area contributed by atoms with E-state index in [1.807, 2.05) is 6.92 Å². The van der Waals surface area contributed by atoms with Crippen LogP contribution in [0.15, 0.2) is 6.07 Å². The van der Waals surface area contributed by atoms with Crippen LogP contribution in [0.3, 0.4) is 0 Å². The number of hydrogen-bond donors (Lipinski definition) is 2. The van der Waals surface area contributed by atoms with Crippen molar-refractivity contribution < 1.29 is 13.2 Å². The van der Waals surface area contributed by atoms with Crippen LogP contribution in [0.25, 0.3) is 0 Å². The first-order valence-corrected chi connectivity index (χ1v) is 7.99. The van der Waals surface area contributed by atoms with Gasteiger partial charge in [-0.1, -0.05) is 0 Å². The number of nitrogens with one attached hydrogen (secondary N) is 2. The van der Waals surface area contributed by atoms with Crippen LogP contribution in [0.1, 0.15) is 18.5 Å². The highest BCUT2D eigenvalue weighted by molar-refractivity contribution is 7.88. The fraction of sp³-hybridized carbons (Fsp3) is 0.636. The molecule has 0 atom stereocenters. The van der Waals surface area contributed by atoms with E-state index >= 15 is 0 Å². The van der Waals surface area contributed by atoms with Gasteiger partial charge >= 0.3 is 0 Å². The molecule has 2 N–H and O–H groups in total. The molecule has 7 nitrogen and oxygen atoms in total. The molecule has 1 aromatic rings. The minimum absolute atomic E-state index is 0.0975. The summed E-state index contributed by atoms with van der Waals surface area (Å²) >= 11 is 0. The van der Waals surface area contributed by atoms with Gasteiger partial charge in [-0.3, -0.25) is 9.89 Å². The fourth-order valence-electron chi connectivity index (χ4n) is 2.16. The Kier molecular flexibility index (Phi) is 3.91. The van der Waals surface area contributed by atoms with Crippen LogP contribution >= 0.6 is 0 Å². The monoisotopic (exact) mass is 286 g/mol. The molecule has 0 aliphatic carbocycles. The van der Waals surface area contributed by atoms with E-state index in [0.717, 1.165) is 5.69 Å². The zero-order chi connectivity index (χ0) is 14.0. The van der Waals surface area contributed by atoms with Crippen molar-refractivity contribution in [1.82, 2.24) is 14.5 Å². The van der Waals surface area contributed by atoms with E-state index in [4.69, 9.17) is 0 Å². The normalized spacial score (nSPS) is 18.4. The van der Waals surface area contributed by atoms with Gasteiger partial charge in [0.05, 0.1) is 6.26 Å². The number of rotatable bonds is 3. The Morgan fingerprint density at radius 3 is 2.58 bits per heavy atom. The molecule has 1 saturated heterocycles. The minimum atomic E-state index is -3.15. The molecular weight excluding hydrogens is 268 g/mol. The fourth-order valence-corrected chi connectivity index (χ4v) is 3.03. The topological polar surface area (TPSA) is 95.2 Å². The summed E-state index contributed by atoms with van der Waals surface area (Å²) in [7, 11) is -3.15. The highest BCUT2D eigenvalue weighted by Crippen LogP contribution is 2.20. The quantitative estimate of drug-likeness (QED) is 0.837. The SMILES string of the molecule is Cc1cc(NC(=O)C2CCN(S(C)(=O)=O)CC2)n[nH]1. The Morgan fingerprint density at radius 2 is 2.11 bits per heavy atom. The van der Waals surface area contributed by atoms with E-state index < -0.39 is 10.0 Å². The Morgan fingerprint density at radius 1 is 1.47 bits per heavy atom. The molecule has 1 aliphatic rings. The molecule has 0 unspecified atom stereocenters. The number of piperidine rings is 1. The van der Waals surface area contributed by atoms with Crippen molar-refractivity contribution in [3.05, 3.63) is 11.8 Å². The lowest BCUT2D eigenvalue weighted by Crippen LogP contribution is -2.40. The molecule has 1 aromatic heterocycles. The van der Waals surface area contributed by atoms with Gasteiger partial charge in [-0.25, -0.2) is 12.7 Å². The number of carbonyl (C=O) groups is 1. The number of hydrogen-bond acceptors (Lipinski definition) is 4. The van der Waals surface area contributed by atoms with Crippen LogP contribution in [0.2, 0.25) is 0 Å². The van der Waals surface area contributed by atoms with E-state index in [1.54, 1.807) is 6.07 Å². The number of nitrogens with zero attached hydrogens (tertiary/aromatic N) is 2. The highest BCUT2D eigenvalue weighted by atomic mass is 32.2. The molecule has 8 heteroatoms. The van der Waals surface area contributed by atoms with Crippen molar-refractivity contribution in [2.45, 2.75) is 19.8 Å². The maximum Gasteiger partial charge on any atom is 0.228 e. The van der Waals surface area contributed by atoms with Crippen molar-refractivity contribution in [3.8, 4) is 0 Å². The molecule has 0 spiro atoms. The predicted molar refractivity (Wildman–Crippen MR) is 71.1 cm³/mol. The van der Waals surface area contributed by atoms with Crippen LogP contribution in [0, 0.1) is 12.8 Å². The lowest BCUT2D eigenvalue weighted by molar-refractivity contribution is -0.120. The van der Waals surface area contributed by atoms with E-state index in [1.165, 1.54) is 10.6 Å². The Labute approximate surface area is 112 Å². The number of sulfonamides is 1. The summed E-state index contributed by atoms with van der Waals surface area (Å²) in [6, 6.07) is 1.75. The molecule has 0 radical (unpaired) electrons. The zero-order valence-corrected chi connectivity index (χ0v) is 11.8. The number of aryl methyl sites for hydroxylation is 1. The third kappa shape index (κ3) is 3.54. The molecule has 0 aromatic carbocycles. The maximum atomic E-state index is 12.0. The van der Waals surface area contributed by atoms with Gasteiger partial charge in [0.15, 0.2) is 5.82 Å². The highest BCUT2D eigenvalue weighted by Gasteiger charge is 2.29. The summed E-state index contributed by atoms with van der Waals surface area (Å²) < 4.78 is 24.1. The van der Waals surface area contributed by atoms with Crippen LogP contribution in [-0.2, 0) is 14.8 Å². The molecular formula is C11H18N4O3S. The Hall–Kier alpha value is -1.41. The van der Waals surface area contributed by atoms with Gasteiger partial charge in [-0.05, 0) is 19.8 Å². The predicted octanol–water partition coefficient (Wildman–Crippen LogP) is 0.328. The summed E-state index contributed by atoms with van der Waals surface area (Å²) in [5.41, 5.74) is 0.877. The third-order valence-corrected chi connectivity index (χ3v) is 4.55. The second-order valence-corrected chi connectivity index (χ2v) is 6.84. The third-order valence-electron chi connectivity index (χ3n) is 3.25. The first-order valence-electron chi connectivity index (χ1n) is 6.14. The van der Waals surface area contributed by atoms with Crippen molar-refractivity contribution >= 4 is 21.7 Å². The maximum absolute atomic E-state index is 12.0. The van der Waals surface area contributed by atoms with Gasteiger partial charge in [-0.15, -0.1) is 0 Å². The second kappa shape index (κ2) is 5.30. The van der Waals surface area contributed by atoms with E-state index in [0.29, 0.717) is 31.7 Å². The minimum Gasteiger partial charge on any atom is -0.309 e. The molecule has 1 amide bonds. The van der Waals surface area contributed by atoms with Gasteiger partial charge in [0.25, 0.3) is 0 Å². The zero-order valence-electron chi connectivity index (χ0n) is 11.0. The van der Waals surface area contributed by atoms with Gasteiger partial charge in [0.2, 0.25) is 15.9 Å². The molecule has 2 rings (SSSR count). The average Bonchev–Trinajstić information content (AvgIpc) is 2.74. The van der Waals surface area contributed by atoms with Gasteiger partial charge in [0.1, 0.15) is 0 Å². The Balaban J connectivity index is 1.89. The van der Waals surface area contributed by atoms with Crippen molar-refractivity contribution in [2.75, 3.05) is 24.7 Å². The number of carbonyl (C=O) groups excluding carboxylic acids is 1. The average molecular weight is 286 g/mol. The number of anilines is 1. The summed E-state index contributed by atoms with van der Waals surface area (Å²) in [6.07, 6.45) is 2.28. The summed E-state index contributed by atoms with van der Waals surface area (Å²) in [5.74, 6) is 0.252. The van der Waals surface area contributed by atoms with Gasteiger partial charge in [0, 0.05) is 30.8 Å². The molecule has 19 heavy (non-hydrogen) atoms. The van der Waals surface area contributed by atoms with Crippen LogP contribution in [-0.4, -0.2) is 48.2 Å². The van der Waals surface area contributed by atoms with Crippen LogP contribution in [0.5, 0.6) is 0 Å².